The van der Waals surface area contributed by atoms with E-state index in [9.17, 15) is 4.79 Å². The summed E-state index contributed by atoms with van der Waals surface area (Å²) in [5.41, 5.74) is 3.59. The lowest BCUT2D eigenvalue weighted by molar-refractivity contribution is -0.138. The summed E-state index contributed by atoms with van der Waals surface area (Å²) in [6.45, 7) is 6.11. The van der Waals surface area contributed by atoms with Crippen LogP contribution in [0.5, 0.6) is 0 Å². The molecule has 1 aromatic carbocycles. The summed E-state index contributed by atoms with van der Waals surface area (Å²) in [4.78, 5) is 17.4. The number of hydrogen-bond acceptors (Lipinski definition) is 4. The third-order valence-corrected chi connectivity index (χ3v) is 5.35. The highest BCUT2D eigenvalue weighted by Gasteiger charge is 2.31. The minimum absolute atomic E-state index is 0.100. The Morgan fingerprint density at radius 1 is 1.28 bits per heavy atom. The minimum Gasteiger partial charge on any atom is -0.360 e. The largest absolute Gasteiger partial charge is 0.360 e. The van der Waals surface area contributed by atoms with Gasteiger partial charge in [-0.2, -0.15) is 0 Å². The standard InChI is InChI=1S/C20H25N3O2/c1-15-11-19(25-21-15)14-22-9-4-7-18(12-22)20(24)23-10-8-16-5-2-3-6-17(16)13-23/h2-3,5-6,11,18H,4,7-10,12-14H2,1H3. The summed E-state index contributed by atoms with van der Waals surface area (Å²) in [6, 6.07) is 10.5. The highest BCUT2D eigenvalue weighted by molar-refractivity contribution is 5.79. The van der Waals surface area contributed by atoms with E-state index in [2.05, 4.69) is 39.2 Å². The van der Waals surface area contributed by atoms with E-state index in [0.717, 1.165) is 63.4 Å². The molecule has 1 fully saturated rings. The van der Waals surface area contributed by atoms with Gasteiger partial charge in [-0.15, -0.1) is 0 Å². The van der Waals surface area contributed by atoms with Crippen molar-refractivity contribution in [3.8, 4) is 0 Å². The Hall–Kier alpha value is -2.14. The summed E-state index contributed by atoms with van der Waals surface area (Å²) in [5, 5.41) is 3.95. The number of aryl methyl sites for hydroxylation is 1. The fraction of sp³-hybridized carbons (Fsp3) is 0.500. The van der Waals surface area contributed by atoms with Crippen LogP contribution in [0.25, 0.3) is 0 Å². The molecule has 2 aromatic rings. The first-order chi connectivity index (χ1) is 12.2. The molecule has 3 heterocycles. The summed E-state index contributed by atoms with van der Waals surface area (Å²) in [5.74, 6) is 1.30. The Labute approximate surface area is 148 Å². The highest BCUT2D eigenvalue weighted by Crippen LogP contribution is 2.25. The van der Waals surface area contributed by atoms with Gasteiger partial charge in [0.25, 0.3) is 0 Å². The first kappa shape index (κ1) is 16.3. The molecule has 132 valence electrons. The van der Waals surface area contributed by atoms with Crippen LogP contribution in [0.1, 0.15) is 35.4 Å². The first-order valence-electron chi connectivity index (χ1n) is 9.19. The molecule has 1 saturated heterocycles. The summed E-state index contributed by atoms with van der Waals surface area (Å²) in [7, 11) is 0. The Morgan fingerprint density at radius 3 is 2.92 bits per heavy atom. The fourth-order valence-electron chi connectivity index (χ4n) is 4.05. The predicted molar refractivity (Wildman–Crippen MR) is 94.8 cm³/mol. The van der Waals surface area contributed by atoms with Crippen LogP contribution in [-0.4, -0.2) is 40.5 Å². The van der Waals surface area contributed by atoms with Gasteiger partial charge in [-0.05, 0) is 43.9 Å². The number of carbonyl (C=O) groups is 1. The van der Waals surface area contributed by atoms with E-state index < -0.39 is 0 Å². The molecule has 4 rings (SSSR count). The van der Waals surface area contributed by atoms with Crippen LogP contribution in [0.3, 0.4) is 0 Å². The van der Waals surface area contributed by atoms with E-state index in [0.29, 0.717) is 5.91 Å². The number of likely N-dealkylation sites (tertiary alicyclic amines) is 1. The van der Waals surface area contributed by atoms with Crippen LogP contribution in [0, 0.1) is 12.8 Å². The van der Waals surface area contributed by atoms with Crippen molar-refractivity contribution in [2.24, 2.45) is 5.92 Å². The van der Waals surface area contributed by atoms with E-state index in [4.69, 9.17) is 4.52 Å². The highest BCUT2D eigenvalue weighted by atomic mass is 16.5. The number of aromatic nitrogens is 1. The Balaban J connectivity index is 1.38. The monoisotopic (exact) mass is 339 g/mol. The Morgan fingerprint density at radius 2 is 2.12 bits per heavy atom. The molecule has 0 radical (unpaired) electrons. The molecule has 0 spiro atoms. The van der Waals surface area contributed by atoms with Crippen LogP contribution >= 0.6 is 0 Å². The van der Waals surface area contributed by atoms with Crippen LogP contribution in [-0.2, 0) is 24.3 Å². The van der Waals surface area contributed by atoms with E-state index >= 15 is 0 Å². The van der Waals surface area contributed by atoms with Crippen molar-refractivity contribution in [3.63, 3.8) is 0 Å². The molecule has 5 heteroatoms. The van der Waals surface area contributed by atoms with Gasteiger partial charge < -0.3 is 9.42 Å². The Bertz CT molecular complexity index is 755. The summed E-state index contributed by atoms with van der Waals surface area (Å²) >= 11 is 0. The number of fused-ring (bicyclic) bond motifs is 1. The fourth-order valence-corrected chi connectivity index (χ4v) is 4.05. The molecule has 1 atom stereocenters. The summed E-state index contributed by atoms with van der Waals surface area (Å²) in [6.07, 6.45) is 3.02. The molecular weight excluding hydrogens is 314 g/mol. The molecule has 1 amide bonds. The number of nitrogens with zero attached hydrogens (tertiary/aromatic N) is 3. The first-order valence-corrected chi connectivity index (χ1v) is 9.19. The van der Waals surface area contributed by atoms with Gasteiger partial charge in [0.15, 0.2) is 5.76 Å². The number of hydrogen-bond donors (Lipinski definition) is 0. The van der Waals surface area contributed by atoms with E-state index in [1.807, 2.05) is 13.0 Å². The molecule has 1 unspecified atom stereocenters. The molecule has 5 nitrogen and oxygen atoms in total. The smallest absolute Gasteiger partial charge is 0.227 e. The second kappa shape index (κ2) is 7.00. The van der Waals surface area contributed by atoms with Gasteiger partial charge in [0, 0.05) is 25.7 Å². The second-order valence-corrected chi connectivity index (χ2v) is 7.29. The van der Waals surface area contributed by atoms with E-state index in [-0.39, 0.29) is 5.92 Å². The molecule has 0 saturated carbocycles. The average Bonchev–Trinajstić information content (AvgIpc) is 3.05. The van der Waals surface area contributed by atoms with Gasteiger partial charge >= 0.3 is 0 Å². The zero-order valence-corrected chi connectivity index (χ0v) is 14.8. The molecule has 2 aliphatic rings. The van der Waals surface area contributed by atoms with Gasteiger partial charge in [0.05, 0.1) is 18.2 Å². The number of benzene rings is 1. The van der Waals surface area contributed by atoms with Crippen LogP contribution in [0.4, 0.5) is 0 Å². The van der Waals surface area contributed by atoms with Gasteiger partial charge in [0.1, 0.15) is 0 Å². The maximum atomic E-state index is 13.0. The molecule has 0 N–H and O–H groups in total. The third kappa shape index (κ3) is 3.61. The Kier molecular flexibility index (Phi) is 4.57. The molecule has 2 aliphatic heterocycles. The van der Waals surface area contributed by atoms with Gasteiger partial charge in [0.2, 0.25) is 5.91 Å². The second-order valence-electron chi connectivity index (χ2n) is 7.29. The molecule has 25 heavy (non-hydrogen) atoms. The number of rotatable bonds is 3. The van der Waals surface area contributed by atoms with Crippen molar-refractivity contribution < 1.29 is 9.32 Å². The van der Waals surface area contributed by atoms with Crippen molar-refractivity contribution in [2.45, 2.75) is 39.3 Å². The maximum absolute atomic E-state index is 13.0. The van der Waals surface area contributed by atoms with Crippen LogP contribution in [0.15, 0.2) is 34.9 Å². The SMILES string of the molecule is Cc1cc(CN2CCCC(C(=O)N3CCc4ccccc4C3)C2)on1. The number of piperidine rings is 1. The lowest BCUT2D eigenvalue weighted by atomic mass is 9.94. The lowest BCUT2D eigenvalue weighted by Crippen LogP contribution is -2.46. The molecule has 0 bridgehead atoms. The average molecular weight is 339 g/mol. The quantitative estimate of drug-likeness (QED) is 0.863. The van der Waals surface area contributed by atoms with Crippen molar-refractivity contribution in [2.75, 3.05) is 19.6 Å². The van der Waals surface area contributed by atoms with Crippen LogP contribution in [0.2, 0.25) is 0 Å². The normalized spacial score (nSPS) is 21.2. The van der Waals surface area contributed by atoms with Crippen molar-refractivity contribution in [3.05, 3.63) is 52.9 Å². The molecule has 0 aliphatic carbocycles. The predicted octanol–water partition coefficient (Wildman–Crippen LogP) is 2.78. The summed E-state index contributed by atoms with van der Waals surface area (Å²) < 4.78 is 5.33. The van der Waals surface area contributed by atoms with E-state index in [1.165, 1.54) is 11.1 Å². The van der Waals surface area contributed by atoms with Gasteiger partial charge in [-0.3, -0.25) is 9.69 Å². The maximum Gasteiger partial charge on any atom is 0.227 e. The van der Waals surface area contributed by atoms with Crippen molar-refractivity contribution in [1.29, 1.82) is 0 Å². The lowest BCUT2D eigenvalue weighted by Gasteiger charge is -2.36. The van der Waals surface area contributed by atoms with Crippen molar-refractivity contribution >= 4 is 5.91 Å². The zero-order valence-electron chi connectivity index (χ0n) is 14.8. The van der Waals surface area contributed by atoms with Gasteiger partial charge in [-0.1, -0.05) is 29.4 Å². The zero-order chi connectivity index (χ0) is 17.2. The van der Waals surface area contributed by atoms with Crippen molar-refractivity contribution in [1.82, 2.24) is 15.0 Å². The molecule has 1 aromatic heterocycles. The molecular formula is C20H25N3O2. The van der Waals surface area contributed by atoms with Crippen LogP contribution < -0.4 is 0 Å². The third-order valence-electron chi connectivity index (χ3n) is 5.35. The number of amides is 1. The minimum atomic E-state index is 0.100. The number of carbonyl (C=O) groups excluding carboxylic acids is 1. The van der Waals surface area contributed by atoms with E-state index in [1.54, 1.807) is 0 Å². The van der Waals surface area contributed by atoms with Gasteiger partial charge in [-0.25, -0.2) is 0 Å². The topological polar surface area (TPSA) is 49.6 Å².